The minimum absolute atomic E-state index is 0.0926. The molecule has 2 aromatic rings. The van der Waals surface area contributed by atoms with Gasteiger partial charge in [0.05, 0.1) is 18.7 Å². The van der Waals surface area contributed by atoms with Crippen molar-refractivity contribution in [3.05, 3.63) is 70.8 Å². The molecule has 152 valence electrons. The molecule has 1 atom stereocenters. The van der Waals surface area contributed by atoms with E-state index in [0.717, 1.165) is 11.1 Å². The molecule has 0 spiro atoms. The van der Waals surface area contributed by atoms with E-state index < -0.39 is 17.7 Å². The number of benzene rings is 2. The molecule has 0 radical (unpaired) electrons. The number of nitrogens with zero attached hydrogens (tertiary/aromatic N) is 1. The van der Waals surface area contributed by atoms with Crippen LogP contribution >= 0.6 is 0 Å². The largest absolute Gasteiger partial charge is 0.507 e. The maximum atomic E-state index is 12.9. The van der Waals surface area contributed by atoms with Crippen molar-refractivity contribution in [3.8, 4) is 5.75 Å². The van der Waals surface area contributed by atoms with Crippen LogP contribution in [0.2, 0.25) is 0 Å². The number of ether oxygens (including phenoxy) is 2. The number of methoxy groups -OCH3 is 2. The van der Waals surface area contributed by atoms with Crippen LogP contribution in [0.5, 0.6) is 5.75 Å². The molecule has 29 heavy (non-hydrogen) atoms. The van der Waals surface area contributed by atoms with E-state index in [0.29, 0.717) is 30.9 Å². The number of carbonyl (C=O) groups excluding carboxylic acids is 2. The fraction of sp³-hybridized carbons (Fsp3) is 0.304. The lowest BCUT2D eigenvalue weighted by Gasteiger charge is -2.26. The minimum atomic E-state index is -0.684. The first-order chi connectivity index (χ1) is 14.0. The summed E-state index contributed by atoms with van der Waals surface area (Å²) < 4.78 is 10.3. The normalized spacial score (nSPS) is 18.3. The molecule has 1 fully saturated rings. The van der Waals surface area contributed by atoms with Crippen LogP contribution < -0.4 is 4.74 Å². The monoisotopic (exact) mass is 395 g/mol. The van der Waals surface area contributed by atoms with Crippen LogP contribution in [0.4, 0.5) is 0 Å². The van der Waals surface area contributed by atoms with Gasteiger partial charge in [-0.3, -0.25) is 9.59 Å². The van der Waals surface area contributed by atoms with Crippen LogP contribution in [0.1, 0.15) is 29.2 Å². The number of aryl methyl sites for hydroxylation is 1. The van der Waals surface area contributed by atoms with Gasteiger partial charge in [0.2, 0.25) is 0 Å². The molecule has 1 aliphatic rings. The Balaban J connectivity index is 2.15. The second-order valence-electron chi connectivity index (χ2n) is 6.93. The van der Waals surface area contributed by atoms with Gasteiger partial charge in [-0.05, 0) is 36.6 Å². The summed E-state index contributed by atoms with van der Waals surface area (Å²) in [5.41, 5.74) is 2.27. The Bertz CT molecular complexity index is 950. The van der Waals surface area contributed by atoms with Gasteiger partial charge in [-0.2, -0.15) is 0 Å². The number of rotatable bonds is 7. The summed E-state index contributed by atoms with van der Waals surface area (Å²) in [6.07, 6.45) is 0.588. The average molecular weight is 395 g/mol. The van der Waals surface area contributed by atoms with Gasteiger partial charge in [-0.1, -0.05) is 36.4 Å². The highest BCUT2D eigenvalue weighted by Crippen LogP contribution is 2.40. The molecule has 0 bridgehead atoms. The number of Topliss-reactive ketones (excluding diaryl/α,β-unsaturated/α-hetero) is 1. The zero-order valence-corrected chi connectivity index (χ0v) is 16.8. The van der Waals surface area contributed by atoms with E-state index in [-0.39, 0.29) is 11.3 Å². The molecule has 1 saturated heterocycles. The summed E-state index contributed by atoms with van der Waals surface area (Å²) in [5, 5.41) is 11.0. The quantitative estimate of drug-likeness (QED) is 0.336. The molecule has 6 heteroatoms. The first-order valence-corrected chi connectivity index (χ1v) is 9.47. The molecule has 0 saturated carbocycles. The summed E-state index contributed by atoms with van der Waals surface area (Å²) in [4.78, 5) is 27.3. The molecule has 6 nitrogen and oxygen atoms in total. The van der Waals surface area contributed by atoms with E-state index in [4.69, 9.17) is 9.47 Å². The number of hydrogen-bond donors (Lipinski definition) is 1. The van der Waals surface area contributed by atoms with Crippen LogP contribution in [0.15, 0.2) is 54.1 Å². The molecule has 3 rings (SSSR count). The van der Waals surface area contributed by atoms with Crippen molar-refractivity contribution in [3.63, 3.8) is 0 Å². The highest BCUT2D eigenvalue weighted by Gasteiger charge is 2.46. The lowest BCUT2D eigenvalue weighted by molar-refractivity contribution is -0.140. The third kappa shape index (κ3) is 4.03. The molecule has 2 aromatic carbocycles. The van der Waals surface area contributed by atoms with Crippen LogP contribution in [0, 0.1) is 6.92 Å². The molecule has 1 heterocycles. The highest BCUT2D eigenvalue weighted by atomic mass is 16.5. The van der Waals surface area contributed by atoms with Gasteiger partial charge in [0, 0.05) is 25.8 Å². The van der Waals surface area contributed by atoms with E-state index in [1.807, 2.05) is 31.2 Å². The fourth-order valence-corrected chi connectivity index (χ4v) is 3.63. The zero-order chi connectivity index (χ0) is 21.0. The number of hydrogen-bond acceptors (Lipinski definition) is 5. The maximum Gasteiger partial charge on any atom is 0.295 e. The van der Waals surface area contributed by atoms with Gasteiger partial charge >= 0.3 is 0 Å². The number of carbonyl (C=O) groups is 2. The van der Waals surface area contributed by atoms with Crippen LogP contribution in [0.3, 0.4) is 0 Å². The van der Waals surface area contributed by atoms with E-state index >= 15 is 0 Å². The topological polar surface area (TPSA) is 76.1 Å². The van der Waals surface area contributed by atoms with Gasteiger partial charge < -0.3 is 19.5 Å². The molecular weight excluding hydrogens is 370 g/mol. The van der Waals surface area contributed by atoms with Crippen molar-refractivity contribution < 1.29 is 24.2 Å². The van der Waals surface area contributed by atoms with E-state index in [1.165, 1.54) is 12.0 Å². The Morgan fingerprint density at radius 1 is 1.10 bits per heavy atom. The SMILES string of the molecule is COCCCN1C(=O)C(=O)/C(=C(/O)c2cccc(OC)c2)C1c1ccccc1C. The van der Waals surface area contributed by atoms with Crippen molar-refractivity contribution in [1.82, 2.24) is 4.90 Å². The molecule has 1 aliphatic heterocycles. The van der Waals surface area contributed by atoms with Crippen molar-refractivity contribution in [1.29, 1.82) is 0 Å². The number of amides is 1. The first kappa shape index (κ1) is 20.6. The third-order valence-corrected chi connectivity index (χ3v) is 5.11. The summed E-state index contributed by atoms with van der Waals surface area (Å²) in [6.45, 7) is 2.75. The number of aliphatic hydroxyl groups excluding tert-OH is 1. The van der Waals surface area contributed by atoms with Gasteiger partial charge in [-0.25, -0.2) is 0 Å². The average Bonchev–Trinajstić information content (AvgIpc) is 2.98. The molecule has 1 amide bonds. The first-order valence-electron chi connectivity index (χ1n) is 9.47. The summed E-state index contributed by atoms with van der Waals surface area (Å²) >= 11 is 0. The molecule has 0 aliphatic carbocycles. The van der Waals surface area contributed by atoms with Crippen molar-refractivity contribution >= 4 is 17.4 Å². The lowest BCUT2D eigenvalue weighted by Crippen LogP contribution is -2.31. The molecular formula is C23H25NO5. The molecule has 1 unspecified atom stereocenters. The van der Waals surface area contributed by atoms with Gasteiger partial charge in [0.15, 0.2) is 0 Å². The van der Waals surface area contributed by atoms with Gasteiger partial charge in [0.1, 0.15) is 11.5 Å². The smallest absolute Gasteiger partial charge is 0.295 e. The predicted octanol–water partition coefficient (Wildman–Crippen LogP) is 3.46. The molecule has 1 N–H and O–H groups in total. The minimum Gasteiger partial charge on any atom is -0.507 e. The summed E-state index contributed by atoms with van der Waals surface area (Å²) in [7, 11) is 3.12. The van der Waals surface area contributed by atoms with Gasteiger partial charge in [0.25, 0.3) is 11.7 Å². The van der Waals surface area contributed by atoms with E-state index in [9.17, 15) is 14.7 Å². The van der Waals surface area contributed by atoms with Crippen LogP contribution in [-0.4, -0.2) is 49.1 Å². The maximum absolute atomic E-state index is 12.9. The van der Waals surface area contributed by atoms with Crippen LogP contribution in [-0.2, 0) is 14.3 Å². The zero-order valence-electron chi connectivity index (χ0n) is 16.8. The second-order valence-corrected chi connectivity index (χ2v) is 6.93. The van der Waals surface area contributed by atoms with Gasteiger partial charge in [-0.15, -0.1) is 0 Å². The van der Waals surface area contributed by atoms with Crippen LogP contribution in [0.25, 0.3) is 5.76 Å². The molecule has 0 aromatic heterocycles. The summed E-state index contributed by atoms with van der Waals surface area (Å²) in [5.74, 6) is -0.949. The number of likely N-dealkylation sites (tertiary alicyclic amines) is 1. The standard InChI is InChI=1S/C23H25NO5/c1-15-8-4-5-11-18(15)20-19(21(25)16-9-6-10-17(14-16)29-3)22(26)23(27)24(20)12-7-13-28-2/h4-6,8-11,14,20,25H,7,12-13H2,1-3H3/b21-19+. The highest BCUT2D eigenvalue weighted by molar-refractivity contribution is 6.46. The Morgan fingerprint density at radius 2 is 1.86 bits per heavy atom. The second kappa shape index (κ2) is 8.92. The van der Waals surface area contributed by atoms with Crippen molar-refractivity contribution in [2.75, 3.05) is 27.4 Å². The predicted molar refractivity (Wildman–Crippen MR) is 110 cm³/mol. The third-order valence-electron chi connectivity index (χ3n) is 5.11. The Kier molecular flexibility index (Phi) is 6.34. The van der Waals surface area contributed by atoms with Crippen molar-refractivity contribution in [2.45, 2.75) is 19.4 Å². The lowest BCUT2D eigenvalue weighted by atomic mass is 9.92. The summed E-state index contributed by atoms with van der Waals surface area (Å²) in [6, 6.07) is 13.7. The van der Waals surface area contributed by atoms with E-state index in [1.54, 1.807) is 31.4 Å². The Hall–Kier alpha value is -3.12. The Labute approximate surface area is 170 Å². The van der Waals surface area contributed by atoms with Crippen molar-refractivity contribution in [2.24, 2.45) is 0 Å². The fourth-order valence-electron chi connectivity index (χ4n) is 3.63. The number of ketones is 1. The van der Waals surface area contributed by atoms with E-state index in [2.05, 4.69) is 0 Å². The Morgan fingerprint density at radius 3 is 2.55 bits per heavy atom. The number of aliphatic hydroxyl groups is 1.